The second kappa shape index (κ2) is 4.23. The second-order valence-corrected chi connectivity index (χ2v) is 6.30. The van der Waals surface area contributed by atoms with Crippen LogP contribution < -0.4 is 5.46 Å². The maximum Gasteiger partial charge on any atom is 0.499 e. The van der Waals surface area contributed by atoms with Crippen LogP contribution in [-0.4, -0.2) is 23.3 Å². The Labute approximate surface area is 115 Å². The highest BCUT2D eigenvalue weighted by Gasteiger charge is 2.52. The maximum absolute atomic E-state index is 6.09. The van der Waals surface area contributed by atoms with Gasteiger partial charge in [0.15, 0.2) is 0 Å². The van der Waals surface area contributed by atoms with E-state index in [1.807, 2.05) is 33.8 Å². The topological polar surface area (TPSA) is 31.4 Å². The zero-order valence-electron chi connectivity index (χ0n) is 10.3. The lowest BCUT2D eigenvalue weighted by Gasteiger charge is -2.32. The summed E-state index contributed by atoms with van der Waals surface area (Å²) in [5.74, 6) is 0. The lowest BCUT2D eigenvalue weighted by molar-refractivity contribution is 0.00578. The van der Waals surface area contributed by atoms with Crippen molar-refractivity contribution in [1.29, 1.82) is 0 Å². The van der Waals surface area contributed by atoms with Crippen molar-refractivity contribution in [2.75, 3.05) is 0 Å². The summed E-state index contributed by atoms with van der Waals surface area (Å²) < 4.78 is 12.7. The zero-order valence-corrected chi connectivity index (χ0v) is 12.6. The monoisotopic (exact) mass is 317 g/mol. The molecule has 2 heterocycles. The molecule has 0 amide bonds. The summed E-state index contributed by atoms with van der Waals surface area (Å²) in [4.78, 5) is 4.06. The molecule has 17 heavy (non-hydrogen) atoms. The van der Waals surface area contributed by atoms with Crippen LogP contribution in [0, 0.1) is 0 Å². The van der Waals surface area contributed by atoms with E-state index in [0.717, 1.165) is 9.94 Å². The molecule has 0 N–H and O–H groups in total. The number of rotatable bonds is 1. The predicted molar refractivity (Wildman–Crippen MR) is 72.7 cm³/mol. The van der Waals surface area contributed by atoms with Crippen molar-refractivity contribution in [1.82, 2.24) is 4.98 Å². The van der Waals surface area contributed by atoms with Crippen LogP contribution in [0.15, 0.2) is 16.7 Å². The fourth-order valence-corrected chi connectivity index (χ4v) is 2.45. The van der Waals surface area contributed by atoms with E-state index in [0.29, 0.717) is 5.15 Å². The number of hydrogen-bond acceptors (Lipinski definition) is 3. The Morgan fingerprint density at radius 3 is 2.24 bits per heavy atom. The summed E-state index contributed by atoms with van der Waals surface area (Å²) >= 11 is 9.54. The molecule has 1 aliphatic rings. The third kappa shape index (κ3) is 2.26. The average molecular weight is 318 g/mol. The molecule has 6 heteroatoms. The lowest BCUT2D eigenvalue weighted by atomic mass is 9.80. The molecule has 0 saturated carbocycles. The molecule has 1 saturated heterocycles. The molecule has 0 atom stereocenters. The third-order valence-corrected chi connectivity index (χ3v) is 4.37. The van der Waals surface area contributed by atoms with Gasteiger partial charge in [-0.25, -0.2) is 4.98 Å². The Bertz CT molecular complexity index is 417. The van der Waals surface area contributed by atoms with E-state index in [4.69, 9.17) is 20.9 Å². The van der Waals surface area contributed by atoms with Crippen molar-refractivity contribution in [3.8, 4) is 0 Å². The first-order valence-corrected chi connectivity index (χ1v) is 6.57. The highest BCUT2D eigenvalue weighted by Crippen LogP contribution is 2.37. The van der Waals surface area contributed by atoms with E-state index in [1.165, 1.54) is 0 Å². The number of aromatic nitrogens is 1. The van der Waals surface area contributed by atoms with Crippen LogP contribution in [0.25, 0.3) is 0 Å². The van der Waals surface area contributed by atoms with E-state index in [1.54, 1.807) is 6.20 Å². The van der Waals surface area contributed by atoms with Crippen molar-refractivity contribution < 1.29 is 9.31 Å². The molecule has 0 aliphatic carbocycles. The smallest absolute Gasteiger partial charge is 0.399 e. The Kier molecular flexibility index (Phi) is 3.32. The van der Waals surface area contributed by atoms with Crippen molar-refractivity contribution in [2.45, 2.75) is 38.9 Å². The van der Waals surface area contributed by atoms with Gasteiger partial charge >= 0.3 is 7.12 Å². The highest BCUT2D eigenvalue weighted by atomic mass is 79.9. The number of nitrogens with zero attached hydrogens (tertiary/aromatic N) is 1. The Morgan fingerprint density at radius 1 is 1.24 bits per heavy atom. The molecule has 0 bridgehead atoms. The van der Waals surface area contributed by atoms with E-state index in [9.17, 15) is 0 Å². The molecule has 0 radical (unpaired) electrons. The maximum atomic E-state index is 6.09. The van der Waals surface area contributed by atoms with Crippen molar-refractivity contribution in [2.24, 2.45) is 0 Å². The molecular weight excluding hydrogens is 304 g/mol. The molecule has 92 valence electrons. The van der Waals surface area contributed by atoms with Gasteiger partial charge in [0.2, 0.25) is 0 Å². The summed E-state index contributed by atoms with van der Waals surface area (Å²) in [5, 5.41) is 0.401. The minimum absolute atomic E-state index is 0.379. The SMILES string of the molecule is CC1(C)OB(c2c(Br)ccnc2Cl)OC1(C)C. The molecule has 2 rings (SSSR count). The molecule has 0 spiro atoms. The largest absolute Gasteiger partial charge is 0.499 e. The van der Waals surface area contributed by atoms with Crippen LogP contribution in [0.4, 0.5) is 0 Å². The summed E-state index contributed by atoms with van der Waals surface area (Å²) in [6, 6.07) is 1.83. The zero-order chi connectivity index (χ0) is 12.8. The van der Waals surface area contributed by atoms with E-state index in [-0.39, 0.29) is 11.2 Å². The summed E-state index contributed by atoms with van der Waals surface area (Å²) in [6.45, 7) is 8.02. The van der Waals surface area contributed by atoms with Crippen LogP contribution in [-0.2, 0) is 9.31 Å². The van der Waals surface area contributed by atoms with Crippen molar-refractivity contribution in [3.05, 3.63) is 21.9 Å². The van der Waals surface area contributed by atoms with E-state index in [2.05, 4.69) is 20.9 Å². The van der Waals surface area contributed by atoms with Gasteiger partial charge in [-0.1, -0.05) is 27.5 Å². The fourth-order valence-electron chi connectivity index (χ4n) is 1.60. The minimum atomic E-state index is -0.490. The molecule has 1 aliphatic heterocycles. The summed E-state index contributed by atoms with van der Waals surface area (Å²) in [5.41, 5.74) is -0.0140. The van der Waals surface area contributed by atoms with E-state index >= 15 is 0 Å². The Hall–Kier alpha value is -0.0951. The van der Waals surface area contributed by atoms with Gasteiger partial charge in [-0.05, 0) is 33.8 Å². The quantitative estimate of drug-likeness (QED) is 0.589. The fraction of sp³-hybridized carbons (Fsp3) is 0.545. The van der Waals surface area contributed by atoms with Crippen LogP contribution in [0.5, 0.6) is 0 Å². The molecule has 0 aromatic carbocycles. The third-order valence-electron chi connectivity index (χ3n) is 3.38. The lowest BCUT2D eigenvalue weighted by Crippen LogP contribution is -2.41. The summed E-state index contributed by atoms with van der Waals surface area (Å²) in [6.07, 6.45) is 1.64. The normalized spacial score (nSPS) is 21.9. The number of halogens is 2. The molecular formula is C11H14BBrClNO2. The van der Waals surface area contributed by atoms with Gasteiger partial charge in [0.1, 0.15) is 5.15 Å². The van der Waals surface area contributed by atoms with E-state index < -0.39 is 7.12 Å². The van der Waals surface area contributed by atoms with Gasteiger partial charge < -0.3 is 9.31 Å². The summed E-state index contributed by atoms with van der Waals surface area (Å²) in [7, 11) is -0.490. The molecule has 1 aromatic rings. The first-order valence-electron chi connectivity index (χ1n) is 5.40. The average Bonchev–Trinajstić information content (AvgIpc) is 2.35. The van der Waals surface area contributed by atoms with Crippen molar-refractivity contribution in [3.63, 3.8) is 0 Å². The second-order valence-electron chi connectivity index (χ2n) is 5.09. The van der Waals surface area contributed by atoms with Crippen LogP contribution in [0.2, 0.25) is 5.15 Å². The van der Waals surface area contributed by atoms with Gasteiger partial charge in [-0.2, -0.15) is 0 Å². The van der Waals surface area contributed by atoms with Gasteiger partial charge in [-0.3, -0.25) is 0 Å². The van der Waals surface area contributed by atoms with Crippen molar-refractivity contribution >= 4 is 40.1 Å². The first kappa shape index (κ1) is 13.3. The predicted octanol–water partition coefficient (Wildman–Crippen LogP) is 2.80. The highest BCUT2D eigenvalue weighted by molar-refractivity contribution is 9.10. The van der Waals surface area contributed by atoms with Crippen LogP contribution in [0.3, 0.4) is 0 Å². The molecule has 0 unspecified atom stereocenters. The van der Waals surface area contributed by atoms with Gasteiger partial charge in [0.25, 0.3) is 0 Å². The van der Waals surface area contributed by atoms with Gasteiger partial charge in [0, 0.05) is 16.1 Å². The van der Waals surface area contributed by atoms with Gasteiger partial charge in [0.05, 0.1) is 11.2 Å². The van der Waals surface area contributed by atoms with Crippen LogP contribution in [0.1, 0.15) is 27.7 Å². The Morgan fingerprint density at radius 2 is 1.76 bits per heavy atom. The number of pyridine rings is 1. The molecule has 1 fully saturated rings. The molecule has 1 aromatic heterocycles. The first-order chi connectivity index (χ1) is 7.74. The van der Waals surface area contributed by atoms with Crippen LogP contribution >= 0.6 is 27.5 Å². The van der Waals surface area contributed by atoms with Gasteiger partial charge in [-0.15, -0.1) is 0 Å². The molecule has 3 nitrogen and oxygen atoms in total. The number of hydrogen-bond donors (Lipinski definition) is 0. The standard InChI is InChI=1S/C11H14BBrClNO2/c1-10(2)11(3,4)17-12(16-10)8-7(13)5-6-15-9(8)14/h5-6H,1-4H3. The minimum Gasteiger partial charge on any atom is -0.399 e. The Balaban J connectivity index is 2.39.